The first-order valence-electron chi connectivity index (χ1n) is 5.38. The highest BCUT2D eigenvalue weighted by molar-refractivity contribution is 7.92. The lowest BCUT2D eigenvalue weighted by Gasteiger charge is -2.08. The van der Waals surface area contributed by atoms with Gasteiger partial charge >= 0.3 is 0 Å². The van der Waals surface area contributed by atoms with Crippen LogP contribution in [0.2, 0.25) is 5.02 Å². The summed E-state index contributed by atoms with van der Waals surface area (Å²) >= 11 is 5.75. The largest absolute Gasteiger partial charge is 0.270 e. The van der Waals surface area contributed by atoms with E-state index in [1.807, 2.05) is 0 Å². The third-order valence-electron chi connectivity index (χ3n) is 2.38. The zero-order valence-electron chi connectivity index (χ0n) is 10.2. The molecule has 0 bridgehead atoms. The molecular weight excluding hydrogens is 325 g/mol. The summed E-state index contributed by atoms with van der Waals surface area (Å²) in [5, 5.41) is 10.5. The number of nitrogens with one attached hydrogen (secondary N) is 1. The van der Waals surface area contributed by atoms with Crippen molar-refractivity contribution in [3.63, 3.8) is 0 Å². The molecule has 0 amide bonds. The fourth-order valence-corrected chi connectivity index (χ4v) is 2.97. The standard InChI is InChI=1S/C11H7ClFN3O4S/c12-9-3-2-8(16(17)18)5-10(9)21(19,20)15-11-4-1-7(13)6-14-11/h1-6H,(H,14,15). The number of aromatic nitrogens is 1. The Morgan fingerprint density at radius 2 is 2.00 bits per heavy atom. The molecule has 0 unspecified atom stereocenters. The Morgan fingerprint density at radius 1 is 1.29 bits per heavy atom. The summed E-state index contributed by atoms with van der Waals surface area (Å²) in [6, 6.07) is 5.13. The van der Waals surface area contributed by atoms with Crippen LogP contribution in [0.3, 0.4) is 0 Å². The van der Waals surface area contributed by atoms with Gasteiger partial charge in [0.15, 0.2) is 0 Å². The molecule has 21 heavy (non-hydrogen) atoms. The molecule has 0 saturated carbocycles. The highest BCUT2D eigenvalue weighted by Gasteiger charge is 2.22. The third-order valence-corrected chi connectivity index (χ3v) is 4.22. The average Bonchev–Trinajstić information content (AvgIpc) is 2.41. The maximum Gasteiger partial charge on any atom is 0.270 e. The lowest BCUT2D eigenvalue weighted by Crippen LogP contribution is -2.14. The Kier molecular flexibility index (Phi) is 4.05. The molecule has 1 N–H and O–H groups in total. The number of benzene rings is 1. The van der Waals surface area contributed by atoms with Crippen molar-refractivity contribution < 1.29 is 17.7 Å². The zero-order valence-corrected chi connectivity index (χ0v) is 11.7. The molecule has 0 atom stereocenters. The van der Waals surface area contributed by atoms with Crippen LogP contribution in [0.15, 0.2) is 41.4 Å². The van der Waals surface area contributed by atoms with E-state index in [9.17, 15) is 22.9 Å². The SMILES string of the molecule is O=[N+]([O-])c1ccc(Cl)c(S(=O)(=O)Nc2ccc(F)cn2)c1. The molecule has 1 aromatic carbocycles. The van der Waals surface area contributed by atoms with Crippen LogP contribution in [0.25, 0.3) is 0 Å². The number of nitro groups is 1. The molecular formula is C11H7ClFN3O4S. The van der Waals surface area contributed by atoms with Gasteiger partial charge in [0.2, 0.25) is 0 Å². The first kappa shape index (κ1) is 15.1. The maximum atomic E-state index is 12.7. The van der Waals surface area contributed by atoms with E-state index in [1.165, 1.54) is 0 Å². The van der Waals surface area contributed by atoms with Gasteiger partial charge in [-0.15, -0.1) is 0 Å². The Labute approximate surface area is 123 Å². The van der Waals surface area contributed by atoms with E-state index in [0.29, 0.717) is 0 Å². The summed E-state index contributed by atoms with van der Waals surface area (Å²) in [6.07, 6.45) is 0.826. The van der Waals surface area contributed by atoms with E-state index >= 15 is 0 Å². The fraction of sp³-hybridized carbons (Fsp3) is 0. The molecule has 0 aliphatic carbocycles. The van der Waals surface area contributed by atoms with Crippen LogP contribution in [0.5, 0.6) is 0 Å². The third kappa shape index (κ3) is 3.44. The van der Waals surface area contributed by atoms with Crippen molar-refractivity contribution in [2.24, 2.45) is 0 Å². The Hall–Kier alpha value is -2.26. The first-order chi connectivity index (χ1) is 9.79. The predicted molar refractivity (Wildman–Crippen MR) is 73.1 cm³/mol. The van der Waals surface area contributed by atoms with Crippen molar-refractivity contribution in [1.82, 2.24) is 4.98 Å². The van der Waals surface area contributed by atoms with Crippen LogP contribution in [-0.4, -0.2) is 18.3 Å². The second-order valence-corrected chi connectivity index (χ2v) is 5.90. The van der Waals surface area contributed by atoms with Crippen molar-refractivity contribution in [2.45, 2.75) is 4.90 Å². The van der Waals surface area contributed by atoms with Gasteiger partial charge in [0, 0.05) is 12.1 Å². The molecule has 2 rings (SSSR count). The number of rotatable bonds is 4. The minimum Gasteiger partial charge on any atom is -0.263 e. The van der Waals surface area contributed by atoms with Crippen LogP contribution >= 0.6 is 11.6 Å². The van der Waals surface area contributed by atoms with Gasteiger partial charge in [0.25, 0.3) is 15.7 Å². The van der Waals surface area contributed by atoms with Crippen LogP contribution in [-0.2, 0) is 10.0 Å². The lowest BCUT2D eigenvalue weighted by atomic mass is 10.3. The molecule has 0 radical (unpaired) electrons. The molecule has 2 aromatic rings. The minimum absolute atomic E-state index is 0.140. The molecule has 0 aliphatic rings. The van der Waals surface area contributed by atoms with Gasteiger partial charge in [-0.05, 0) is 18.2 Å². The number of non-ortho nitro benzene ring substituents is 1. The van der Waals surface area contributed by atoms with E-state index < -0.39 is 31.3 Å². The molecule has 7 nitrogen and oxygen atoms in total. The lowest BCUT2D eigenvalue weighted by molar-refractivity contribution is -0.385. The van der Waals surface area contributed by atoms with Gasteiger partial charge in [-0.3, -0.25) is 14.8 Å². The van der Waals surface area contributed by atoms with Crippen molar-refractivity contribution in [3.05, 3.63) is 57.5 Å². The van der Waals surface area contributed by atoms with Crippen molar-refractivity contribution in [2.75, 3.05) is 4.72 Å². The topological polar surface area (TPSA) is 102 Å². The molecule has 0 spiro atoms. The molecule has 1 aromatic heterocycles. The Bertz CT molecular complexity index is 796. The summed E-state index contributed by atoms with van der Waals surface area (Å²) in [7, 11) is -4.18. The van der Waals surface area contributed by atoms with Gasteiger partial charge in [-0.25, -0.2) is 17.8 Å². The van der Waals surface area contributed by atoms with E-state index in [2.05, 4.69) is 9.71 Å². The van der Waals surface area contributed by atoms with Crippen LogP contribution < -0.4 is 4.72 Å². The molecule has 0 aliphatic heterocycles. The second kappa shape index (κ2) is 5.62. The van der Waals surface area contributed by atoms with Crippen LogP contribution in [0.1, 0.15) is 0 Å². The summed E-state index contributed by atoms with van der Waals surface area (Å²) in [5.74, 6) is -0.773. The molecule has 110 valence electrons. The van der Waals surface area contributed by atoms with Crippen molar-refractivity contribution in [1.29, 1.82) is 0 Å². The molecule has 0 fully saturated rings. The minimum atomic E-state index is -4.18. The Balaban J connectivity index is 2.41. The quantitative estimate of drug-likeness (QED) is 0.685. The number of sulfonamides is 1. The number of anilines is 1. The Morgan fingerprint density at radius 3 is 2.57 bits per heavy atom. The number of nitrogens with zero attached hydrogens (tertiary/aromatic N) is 2. The molecule has 0 saturated heterocycles. The molecule has 10 heteroatoms. The molecule has 1 heterocycles. The zero-order chi connectivity index (χ0) is 15.6. The van der Waals surface area contributed by atoms with Crippen LogP contribution in [0.4, 0.5) is 15.9 Å². The van der Waals surface area contributed by atoms with Crippen molar-refractivity contribution in [3.8, 4) is 0 Å². The van der Waals surface area contributed by atoms with E-state index in [0.717, 1.165) is 36.5 Å². The fourth-order valence-electron chi connectivity index (χ4n) is 1.44. The highest BCUT2D eigenvalue weighted by atomic mass is 35.5. The van der Waals surface area contributed by atoms with Gasteiger partial charge in [-0.2, -0.15) is 0 Å². The van der Waals surface area contributed by atoms with E-state index in [1.54, 1.807) is 0 Å². The summed E-state index contributed by atoms with van der Waals surface area (Å²) < 4.78 is 39.0. The summed E-state index contributed by atoms with van der Waals surface area (Å²) in [5.41, 5.74) is -0.424. The average molecular weight is 332 g/mol. The number of pyridine rings is 1. The normalized spacial score (nSPS) is 11.1. The van der Waals surface area contributed by atoms with Crippen LogP contribution in [0, 0.1) is 15.9 Å². The predicted octanol–water partition coefficient (Wildman–Crippen LogP) is 2.58. The van der Waals surface area contributed by atoms with Crippen molar-refractivity contribution >= 4 is 33.1 Å². The number of halogens is 2. The first-order valence-corrected chi connectivity index (χ1v) is 7.24. The monoisotopic (exact) mass is 331 g/mol. The second-order valence-electron chi connectivity index (χ2n) is 3.84. The number of nitro benzene ring substituents is 1. The number of hydrogen-bond donors (Lipinski definition) is 1. The van der Waals surface area contributed by atoms with E-state index in [4.69, 9.17) is 11.6 Å². The van der Waals surface area contributed by atoms with E-state index in [-0.39, 0.29) is 10.8 Å². The highest BCUT2D eigenvalue weighted by Crippen LogP contribution is 2.27. The van der Waals surface area contributed by atoms with Gasteiger partial charge < -0.3 is 0 Å². The maximum absolute atomic E-state index is 12.7. The smallest absolute Gasteiger partial charge is 0.263 e. The van der Waals surface area contributed by atoms with Gasteiger partial charge in [0.1, 0.15) is 16.5 Å². The summed E-state index contributed by atoms with van der Waals surface area (Å²) in [6.45, 7) is 0. The van der Waals surface area contributed by atoms with Gasteiger partial charge in [0.05, 0.1) is 16.1 Å². The summed E-state index contributed by atoms with van der Waals surface area (Å²) in [4.78, 5) is 13.0. The van der Waals surface area contributed by atoms with Gasteiger partial charge in [-0.1, -0.05) is 11.6 Å². The number of hydrogen-bond acceptors (Lipinski definition) is 5.